The Morgan fingerprint density at radius 3 is 2.63 bits per heavy atom. The van der Waals surface area contributed by atoms with Crippen LogP contribution in [0.4, 0.5) is 0 Å². The number of amides is 2. The van der Waals surface area contributed by atoms with E-state index in [-0.39, 0.29) is 0 Å². The molecule has 1 aliphatic rings. The molecule has 2 amide bonds. The zero-order valence-electron chi connectivity index (χ0n) is 11.3. The first-order valence-corrected chi connectivity index (χ1v) is 7.23. The fourth-order valence-corrected chi connectivity index (χ4v) is 2.98. The van der Waals surface area contributed by atoms with E-state index in [1.165, 1.54) is 10.4 Å². The Morgan fingerprint density at radius 2 is 2.05 bits per heavy atom. The monoisotopic (exact) mass is 281 g/mol. The SMILES string of the molecule is Cc1cc(CNC(=O)C(=O)N2CCNCC2)sc1C. The Balaban J connectivity index is 1.85. The number of carbonyl (C=O) groups excluding carboxylic acids is 2. The van der Waals surface area contributed by atoms with Gasteiger partial charge in [-0.1, -0.05) is 0 Å². The lowest BCUT2D eigenvalue weighted by atomic mass is 10.3. The summed E-state index contributed by atoms with van der Waals surface area (Å²) in [5.41, 5.74) is 1.22. The normalized spacial score (nSPS) is 15.4. The molecule has 0 saturated carbocycles. The van der Waals surface area contributed by atoms with E-state index in [9.17, 15) is 9.59 Å². The van der Waals surface area contributed by atoms with Crippen LogP contribution < -0.4 is 10.6 Å². The quantitative estimate of drug-likeness (QED) is 0.772. The van der Waals surface area contributed by atoms with Crippen LogP contribution in [0.3, 0.4) is 0 Å². The summed E-state index contributed by atoms with van der Waals surface area (Å²) in [6, 6.07) is 2.05. The van der Waals surface area contributed by atoms with Crippen LogP contribution in [-0.2, 0) is 16.1 Å². The zero-order chi connectivity index (χ0) is 13.8. The first kappa shape index (κ1) is 14.0. The van der Waals surface area contributed by atoms with Gasteiger partial charge in [0, 0.05) is 35.9 Å². The highest BCUT2D eigenvalue weighted by molar-refractivity contribution is 7.12. The van der Waals surface area contributed by atoms with Crippen molar-refractivity contribution < 1.29 is 9.59 Å². The molecule has 6 heteroatoms. The van der Waals surface area contributed by atoms with Gasteiger partial charge < -0.3 is 15.5 Å². The van der Waals surface area contributed by atoms with Crippen molar-refractivity contribution in [1.29, 1.82) is 0 Å². The molecular formula is C13H19N3O2S. The maximum Gasteiger partial charge on any atom is 0.311 e. The molecule has 0 atom stereocenters. The molecular weight excluding hydrogens is 262 g/mol. The van der Waals surface area contributed by atoms with E-state index < -0.39 is 11.8 Å². The number of nitrogens with zero attached hydrogens (tertiary/aromatic N) is 1. The lowest BCUT2D eigenvalue weighted by Gasteiger charge is -2.26. The van der Waals surface area contributed by atoms with Crippen molar-refractivity contribution in [2.24, 2.45) is 0 Å². The molecule has 0 aliphatic carbocycles. The van der Waals surface area contributed by atoms with Gasteiger partial charge in [0.25, 0.3) is 0 Å². The van der Waals surface area contributed by atoms with Gasteiger partial charge in [-0.2, -0.15) is 0 Å². The lowest BCUT2D eigenvalue weighted by molar-refractivity contribution is -0.146. The number of carbonyl (C=O) groups is 2. The van der Waals surface area contributed by atoms with E-state index in [2.05, 4.69) is 23.6 Å². The fourth-order valence-electron chi connectivity index (χ4n) is 1.99. The molecule has 1 aliphatic heterocycles. The van der Waals surface area contributed by atoms with Gasteiger partial charge >= 0.3 is 11.8 Å². The second kappa shape index (κ2) is 6.16. The summed E-state index contributed by atoms with van der Waals surface area (Å²) in [7, 11) is 0. The van der Waals surface area contributed by atoms with Gasteiger partial charge in [0.1, 0.15) is 0 Å². The smallest absolute Gasteiger partial charge is 0.311 e. The number of rotatable bonds is 2. The summed E-state index contributed by atoms with van der Waals surface area (Å²) in [5.74, 6) is -0.933. The maximum atomic E-state index is 11.9. The molecule has 2 N–H and O–H groups in total. The summed E-state index contributed by atoms with van der Waals surface area (Å²) in [6.45, 7) is 7.23. The average Bonchev–Trinajstić information content (AvgIpc) is 2.75. The number of hydrogen-bond acceptors (Lipinski definition) is 4. The fraction of sp³-hybridized carbons (Fsp3) is 0.538. The van der Waals surface area contributed by atoms with Crippen molar-refractivity contribution in [3.05, 3.63) is 21.4 Å². The topological polar surface area (TPSA) is 61.4 Å². The van der Waals surface area contributed by atoms with Gasteiger partial charge in [-0.3, -0.25) is 9.59 Å². The average molecular weight is 281 g/mol. The molecule has 0 bridgehead atoms. The summed E-state index contributed by atoms with van der Waals surface area (Å²) in [4.78, 5) is 27.6. The van der Waals surface area contributed by atoms with Crippen LogP contribution in [0.25, 0.3) is 0 Å². The zero-order valence-corrected chi connectivity index (χ0v) is 12.1. The van der Waals surface area contributed by atoms with Crippen molar-refractivity contribution in [2.45, 2.75) is 20.4 Å². The molecule has 0 aromatic carbocycles. The summed E-state index contributed by atoms with van der Waals surface area (Å²) < 4.78 is 0. The highest BCUT2D eigenvalue weighted by Gasteiger charge is 2.22. The second-order valence-corrected chi connectivity index (χ2v) is 6.02. The minimum atomic E-state index is -0.509. The van der Waals surface area contributed by atoms with Crippen LogP contribution >= 0.6 is 11.3 Å². The predicted molar refractivity (Wildman–Crippen MR) is 75.1 cm³/mol. The molecule has 0 unspecified atom stereocenters. The molecule has 1 saturated heterocycles. The molecule has 2 rings (SSSR count). The number of thiophene rings is 1. The molecule has 5 nitrogen and oxygen atoms in total. The van der Waals surface area contributed by atoms with Crippen molar-refractivity contribution in [1.82, 2.24) is 15.5 Å². The third kappa shape index (κ3) is 3.54. The Labute approximate surface area is 117 Å². The molecule has 1 aromatic rings. The largest absolute Gasteiger partial charge is 0.343 e. The minimum Gasteiger partial charge on any atom is -0.343 e. The van der Waals surface area contributed by atoms with Crippen molar-refractivity contribution >= 4 is 23.2 Å². The Kier molecular flexibility index (Phi) is 4.55. The molecule has 19 heavy (non-hydrogen) atoms. The number of aryl methyl sites for hydroxylation is 2. The molecule has 1 fully saturated rings. The van der Waals surface area contributed by atoms with Crippen molar-refractivity contribution in [3.8, 4) is 0 Å². The molecule has 1 aromatic heterocycles. The highest BCUT2D eigenvalue weighted by Crippen LogP contribution is 2.20. The Morgan fingerprint density at radius 1 is 1.37 bits per heavy atom. The predicted octanol–water partition coefficient (Wildman–Crippen LogP) is 0.413. The Hall–Kier alpha value is -1.40. The molecule has 0 spiro atoms. The van der Waals surface area contributed by atoms with E-state index in [1.54, 1.807) is 16.2 Å². The van der Waals surface area contributed by atoms with Gasteiger partial charge in [-0.25, -0.2) is 0 Å². The van der Waals surface area contributed by atoms with Gasteiger partial charge in [0.2, 0.25) is 0 Å². The Bertz CT molecular complexity index is 459. The lowest BCUT2D eigenvalue weighted by Crippen LogP contribution is -2.51. The summed E-state index contributed by atoms with van der Waals surface area (Å²) in [5, 5.41) is 5.85. The van der Waals surface area contributed by atoms with E-state index in [4.69, 9.17) is 0 Å². The van der Waals surface area contributed by atoms with E-state index in [0.29, 0.717) is 19.6 Å². The minimum absolute atomic E-state index is 0.425. The molecule has 2 heterocycles. The van der Waals surface area contributed by atoms with Crippen molar-refractivity contribution in [3.63, 3.8) is 0 Å². The summed E-state index contributed by atoms with van der Waals surface area (Å²) in [6.07, 6.45) is 0. The highest BCUT2D eigenvalue weighted by atomic mass is 32.1. The first-order valence-electron chi connectivity index (χ1n) is 6.41. The van der Waals surface area contributed by atoms with Crippen LogP contribution in [0, 0.1) is 13.8 Å². The maximum absolute atomic E-state index is 11.9. The number of nitrogens with one attached hydrogen (secondary N) is 2. The van der Waals surface area contributed by atoms with Crippen LogP contribution in [0.5, 0.6) is 0 Å². The van der Waals surface area contributed by atoms with Crippen molar-refractivity contribution in [2.75, 3.05) is 26.2 Å². The van der Waals surface area contributed by atoms with E-state index >= 15 is 0 Å². The first-order chi connectivity index (χ1) is 9.08. The van der Waals surface area contributed by atoms with Gasteiger partial charge in [-0.05, 0) is 25.5 Å². The second-order valence-electron chi connectivity index (χ2n) is 4.68. The number of hydrogen-bond donors (Lipinski definition) is 2. The van der Waals surface area contributed by atoms with E-state index in [1.807, 2.05) is 6.92 Å². The van der Waals surface area contributed by atoms with E-state index in [0.717, 1.165) is 18.0 Å². The summed E-state index contributed by atoms with van der Waals surface area (Å²) >= 11 is 1.65. The van der Waals surface area contributed by atoms with Crippen LogP contribution in [-0.4, -0.2) is 42.9 Å². The van der Waals surface area contributed by atoms with Crippen LogP contribution in [0.2, 0.25) is 0 Å². The molecule has 104 valence electrons. The van der Waals surface area contributed by atoms with Crippen LogP contribution in [0.15, 0.2) is 6.07 Å². The van der Waals surface area contributed by atoms with Gasteiger partial charge in [-0.15, -0.1) is 11.3 Å². The van der Waals surface area contributed by atoms with Gasteiger partial charge in [0.05, 0.1) is 6.54 Å². The third-order valence-corrected chi connectivity index (χ3v) is 4.39. The third-order valence-electron chi connectivity index (χ3n) is 3.24. The van der Waals surface area contributed by atoms with Gasteiger partial charge in [0.15, 0.2) is 0 Å². The molecule has 0 radical (unpaired) electrons. The standard InChI is InChI=1S/C13H19N3O2S/c1-9-7-11(19-10(9)2)8-15-12(17)13(18)16-5-3-14-4-6-16/h7,14H,3-6,8H2,1-2H3,(H,15,17). The number of piperazine rings is 1. The van der Waals surface area contributed by atoms with Crippen LogP contribution in [0.1, 0.15) is 15.3 Å².